The number of rotatable bonds is 2. The lowest BCUT2D eigenvalue weighted by molar-refractivity contribution is -0.128. The van der Waals surface area contributed by atoms with Crippen molar-refractivity contribution in [3.8, 4) is 0 Å². The molecule has 1 unspecified atom stereocenters. The molecule has 2 nitrogen and oxygen atoms in total. The normalized spacial score (nSPS) is 22.6. The van der Waals surface area contributed by atoms with E-state index in [1.165, 1.54) is 11.6 Å². The topological polar surface area (TPSA) is 20.3 Å². The predicted molar refractivity (Wildman–Crippen MR) is 74.4 cm³/mol. The summed E-state index contributed by atoms with van der Waals surface area (Å²) >= 11 is 0. The molecule has 1 fully saturated rings. The third-order valence-corrected chi connectivity index (χ3v) is 4.06. The van der Waals surface area contributed by atoms with Crippen molar-refractivity contribution in [1.29, 1.82) is 0 Å². The number of likely N-dealkylation sites (tertiary alicyclic amines) is 1. The van der Waals surface area contributed by atoms with Crippen molar-refractivity contribution >= 4 is 5.91 Å². The van der Waals surface area contributed by atoms with Crippen LogP contribution in [-0.2, 0) is 4.79 Å². The van der Waals surface area contributed by atoms with Gasteiger partial charge in [-0.1, -0.05) is 50.8 Å². The highest BCUT2D eigenvalue weighted by atomic mass is 16.2. The van der Waals surface area contributed by atoms with Gasteiger partial charge in [0.15, 0.2) is 0 Å². The Morgan fingerprint density at radius 1 is 1.39 bits per heavy atom. The van der Waals surface area contributed by atoms with Crippen molar-refractivity contribution in [1.82, 2.24) is 4.90 Å². The molecule has 0 aliphatic carbocycles. The first-order valence-corrected chi connectivity index (χ1v) is 6.51. The second-order valence-corrected chi connectivity index (χ2v) is 5.69. The van der Waals surface area contributed by atoms with Gasteiger partial charge < -0.3 is 4.90 Å². The van der Waals surface area contributed by atoms with E-state index < -0.39 is 0 Å². The molecule has 1 aliphatic rings. The molecule has 0 spiro atoms. The fourth-order valence-corrected chi connectivity index (χ4v) is 2.73. The van der Waals surface area contributed by atoms with Crippen LogP contribution >= 0.6 is 0 Å². The number of hydrogen-bond acceptors (Lipinski definition) is 1. The van der Waals surface area contributed by atoms with Crippen LogP contribution in [0.4, 0.5) is 0 Å². The summed E-state index contributed by atoms with van der Waals surface area (Å²) in [6, 6.07) is 10.5. The van der Waals surface area contributed by atoms with Crippen LogP contribution in [0, 0.1) is 5.41 Å². The minimum absolute atomic E-state index is 0.0476. The van der Waals surface area contributed by atoms with Gasteiger partial charge in [0.05, 0.1) is 0 Å². The van der Waals surface area contributed by atoms with Gasteiger partial charge in [0.25, 0.3) is 0 Å². The first-order valence-electron chi connectivity index (χ1n) is 6.51. The molecule has 2 heteroatoms. The number of hydrogen-bond donors (Lipinski definition) is 0. The molecular formula is C16H21NO. The summed E-state index contributed by atoms with van der Waals surface area (Å²) in [6.45, 7) is 9.79. The highest BCUT2D eigenvalue weighted by Gasteiger charge is 2.37. The molecule has 0 N–H and O–H groups in total. The second-order valence-electron chi connectivity index (χ2n) is 5.69. The van der Waals surface area contributed by atoms with Crippen LogP contribution in [0.3, 0.4) is 0 Å². The molecule has 0 bridgehead atoms. The Kier molecular flexibility index (Phi) is 3.55. The molecule has 1 amide bonds. The molecule has 0 aromatic heterocycles. The van der Waals surface area contributed by atoms with Gasteiger partial charge in [0, 0.05) is 19.0 Å². The summed E-state index contributed by atoms with van der Waals surface area (Å²) in [5.74, 6) is 0.447. The molecule has 1 aromatic carbocycles. The quantitative estimate of drug-likeness (QED) is 0.730. The highest BCUT2D eigenvalue weighted by molar-refractivity contribution is 5.87. The molecule has 0 saturated carbocycles. The van der Waals surface area contributed by atoms with Crippen LogP contribution in [0.25, 0.3) is 0 Å². The fraction of sp³-hybridized carbons (Fsp3) is 0.438. The van der Waals surface area contributed by atoms with Crippen molar-refractivity contribution in [2.24, 2.45) is 5.41 Å². The van der Waals surface area contributed by atoms with E-state index >= 15 is 0 Å². The van der Waals surface area contributed by atoms with Gasteiger partial charge in [0.1, 0.15) is 0 Å². The zero-order valence-corrected chi connectivity index (χ0v) is 11.2. The Labute approximate surface area is 109 Å². The van der Waals surface area contributed by atoms with Crippen molar-refractivity contribution in [2.45, 2.75) is 26.2 Å². The minimum atomic E-state index is 0.0476. The SMILES string of the molecule is C=CC(=O)N1CCC(C)(C)C(c2ccccc2)C1. The third kappa shape index (κ3) is 2.47. The van der Waals surface area contributed by atoms with Crippen LogP contribution in [0.2, 0.25) is 0 Å². The smallest absolute Gasteiger partial charge is 0.245 e. The molecule has 1 aliphatic heterocycles. The maximum atomic E-state index is 11.8. The molecule has 2 rings (SSSR count). The van der Waals surface area contributed by atoms with Crippen LogP contribution in [0.15, 0.2) is 43.0 Å². The van der Waals surface area contributed by atoms with Gasteiger partial charge in [-0.25, -0.2) is 0 Å². The van der Waals surface area contributed by atoms with Crippen molar-refractivity contribution < 1.29 is 4.79 Å². The van der Waals surface area contributed by atoms with Crippen LogP contribution in [0.5, 0.6) is 0 Å². The number of amides is 1. The summed E-state index contributed by atoms with van der Waals surface area (Å²) < 4.78 is 0. The molecule has 18 heavy (non-hydrogen) atoms. The zero-order chi connectivity index (χ0) is 13.2. The standard InChI is InChI=1S/C16H21NO/c1-4-15(18)17-11-10-16(2,3)14(12-17)13-8-6-5-7-9-13/h4-9,14H,1,10-12H2,2-3H3. The van der Waals surface area contributed by atoms with E-state index in [0.29, 0.717) is 5.92 Å². The van der Waals surface area contributed by atoms with Gasteiger partial charge in [-0.15, -0.1) is 0 Å². The monoisotopic (exact) mass is 243 g/mol. The molecule has 1 aromatic rings. The Hall–Kier alpha value is -1.57. The summed E-state index contributed by atoms with van der Waals surface area (Å²) in [7, 11) is 0. The van der Waals surface area contributed by atoms with Crippen molar-refractivity contribution in [3.05, 3.63) is 48.6 Å². The number of carbonyl (C=O) groups is 1. The van der Waals surface area contributed by atoms with Crippen LogP contribution < -0.4 is 0 Å². The van der Waals surface area contributed by atoms with Crippen molar-refractivity contribution in [3.63, 3.8) is 0 Å². The van der Waals surface area contributed by atoms with E-state index in [9.17, 15) is 4.79 Å². The lowest BCUT2D eigenvalue weighted by atomic mass is 9.70. The fourth-order valence-electron chi connectivity index (χ4n) is 2.73. The molecule has 1 heterocycles. The first kappa shape index (κ1) is 12.9. The van der Waals surface area contributed by atoms with E-state index in [0.717, 1.165) is 19.5 Å². The number of nitrogens with zero attached hydrogens (tertiary/aromatic N) is 1. The predicted octanol–water partition coefficient (Wildman–Crippen LogP) is 3.21. The van der Waals surface area contributed by atoms with E-state index in [4.69, 9.17) is 0 Å². The number of benzene rings is 1. The zero-order valence-electron chi connectivity index (χ0n) is 11.2. The number of carbonyl (C=O) groups excluding carboxylic acids is 1. The summed E-state index contributed by atoms with van der Waals surface area (Å²) in [6.07, 6.45) is 2.45. The molecule has 1 saturated heterocycles. The van der Waals surface area contributed by atoms with Gasteiger partial charge in [-0.05, 0) is 23.5 Å². The first-order chi connectivity index (χ1) is 8.54. The van der Waals surface area contributed by atoms with E-state index in [-0.39, 0.29) is 11.3 Å². The summed E-state index contributed by atoms with van der Waals surface area (Å²) in [4.78, 5) is 13.7. The maximum Gasteiger partial charge on any atom is 0.245 e. The Morgan fingerprint density at radius 3 is 2.67 bits per heavy atom. The van der Waals surface area contributed by atoms with Crippen molar-refractivity contribution in [2.75, 3.05) is 13.1 Å². The van der Waals surface area contributed by atoms with Gasteiger partial charge in [0.2, 0.25) is 5.91 Å². The van der Waals surface area contributed by atoms with Gasteiger partial charge in [-0.3, -0.25) is 4.79 Å². The summed E-state index contributed by atoms with van der Waals surface area (Å²) in [5, 5.41) is 0. The molecule has 96 valence electrons. The second kappa shape index (κ2) is 4.97. The maximum absolute atomic E-state index is 11.8. The molecule has 1 atom stereocenters. The lowest BCUT2D eigenvalue weighted by Gasteiger charge is -2.44. The summed E-state index contributed by atoms with van der Waals surface area (Å²) in [5.41, 5.74) is 1.56. The lowest BCUT2D eigenvalue weighted by Crippen LogP contribution is -2.45. The molecular weight excluding hydrogens is 222 g/mol. The average molecular weight is 243 g/mol. The van der Waals surface area contributed by atoms with Gasteiger partial charge >= 0.3 is 0 Å². The van der Waals surface area contributed by atoms with E-state index in [1.807, 2.05) is 11.0 Å². The Balaban J connectivity index is 2.24. The van der Waals surface area contributed by atoms with E-state index in [2.05, 4.69) is 44.7 Å². The van der Waals surface area contributed by atoms with E-state index in [1.54, 1.807) is 0 Å². The third-order valence-electron chi connectivity index (χ3n) is 4.06. The average Bonchev–Trinajstić information content (AvgIpc) is 2.38. The van der Waals surface area contributed by atoms with Crippen LogP contribution in [0.1, 0.15) is 31.7 Å². The minimum Gasteiger partial charge on any atom is -0.339 e. The Morgan fingerprint density at radius 2 is 2.06 bits per heavy atom. The highest BCUT2D eigenvalue weighted by Crippen LogP contribution is 2.42. The Bertz CT molecular complexity index is 436. The molecule has 0 radical (unpaired) electrons. The van der Waals surface area contributed by atoms with Crippen LogP contribution in [-0.4, -0.2) is 23.9 Å². The number of piperidine rings is 1. The van der Waals surface area contributed by atoms with Gasteiger partial charge in [-0.2, -0.15) is 0 Å². The largest absolute Gasteiger partial charge is 0.339 e.